The first-order valence-electron chi connectivity index (χ1n) is 4.13. The molecule has 1 nitrogen and oxygen atoms in total. The summed E-state index contributed by atoms with van der Waals surface area (Å²) in [6.07, 6.45) is 0. The highest BCUT2D eigenvalue weighted by molar-refractivity contribution is 9.10. The highest BCUT2D eigenvalue weighted by Gasteiger charge is 2.26. The van der Waals surface area contributed by atoms with Gasteiger partial charge < -0.3 is 4.98 Å². The molecule has 1 heterocycles. The number of rotatable bonds is 1. The first-order valence-corrected chi connectivity index (χ1v) is 4.93. The zero-order valence-corrected chi connectivity index (χ0v) is 9.03. The number of aromatic nitrogens is 1. The lowest BCUT2D eigenvalue weighted by molar-refractivity contribution is 0.0135. The smallest absolute Gasteiger partial charge is 0.284 e. The SMILES string of the molecule is CC(F)(F)c1cc2ccc(Br)cc2[nH]1. The van der Waals surface area contributed by atoms with E-state index in [4.69, 9.17) is 0 Å². The second kappa shape index (κ2) is 3.05. The van der Waals surface area contributed by atoms with Gasteiger partial charge in [-0.1, -0.05) is 22.0 Å². The molecule has 4 heteroatoms. The van der Waals surface area contributed by atoms with Crippen molar-refractivity contribution in [3.8, 4) is 0 Å². The predicted molar refractivity (Wildman–Crippen MR) is 55.6 cm³/mol. The van der Waals surface area contributed by atoms with E-state index < -0.39 is 5.92 Å². The molecule has 0 bridgehead atoms. The lowest BCUT2D eigenvalue weighted by atomic mass is 10.2. The monoisotopic (exact) mass is 259 g/mol. The maximum absolute atomic E-state index is 13.0. The second-order valence-corrected chi connectivity index (χ2v) is 4.22. The van der Waals surface area contributed by atoms with E-state index in [0.29, 0.717) is 0 Å². The van der Waals surface area contributed by atoms with E-state index in [-0.39, 0.29) is 5.69 Å². The average Bonchev–Trinajstić information content (AvgIpc) is 2.45. The normalized spacial score (nSPS) is 12.3. The molecule has 14 heavy (non-hydrogen) atoms. The van der Waals surface area contributed by atoms with Crippen LogP contribution in [0.25, 0.3) is 10.9 Å². The van der Waals surface area contributed by atoms with Crippen LogP contribution in [0.2, 0.25) is 0 Å². The molecule has 1 N–H and O–H groups in total. The quantitative estimate of drug-likeness (QED) is 0.796. The summed E-state index contributed by atoms with van der Waals surface area (Å²) < 4.78 is 26.8. The fourth-order valence-electron chi connectivity index (χ4n) is 1.34. The Labute approximate surface area is 88.3 Å². The van der Waals surface area contributed by atoms with E-state index in [9.17, 15) is 8.78 Å². The van der Waals surface area contributed by atoms with Crippen LogP contribution in [0.3, 0.4) is 0 Å². The molecule has 0 atom stereocenters. The van der Waals surface area contributed by atoms with Crippen molar-refractivity contribution < 1.29 is 8.78 Å². The van der Waals surface area contributed by atoms with Crippen molar-refractivity contribution in [2.24, 2.45) is 0 Å². The number of benzene rings is 1. The minimum Gasteiger partial charge on any atom is -0.353 e. The van der Waals surface area contributed by atoms with Gasteiger partial charge in [-0.3, -0.25) is 0 Å². The molecule has 0 radical (unpaired) electrons. The van der Waals surface area contributed by atoms with Crippen LogP contribution >= 0.6 is 15.9 Å². The second-order valence-electron chi connectivity index (χ2n) is 3.30. The summed E-state index contributed by atoms with van der Waals surface area (Å²) in [5.74, 6) is -2.81. The third-order valence-electron chi connectivity index (χ3n) is 2.06. The van der Waals surface area contributed by atoms with Crippen molar-refractivity contribution in [2.75, 3.05) is 0 Å². The number of halogens is 3. The largest absolute Gasteiger partial charge is 0.353 e. The van der Waals surface area contributed by atoms with Gasteiger partial charge in [0.15, 0.2) is 0 Å². The van der Waals surface area contributed by atoms with Gasteiger partial charge in [0, 0.05) is 16.9 Å². The van der Waals surface area contributed by atoms with Crippen LogP contribution in [0.15, 0.2) is 28.7 Å². The molecule has 0 saturated heterocycles. The average molecular weight is 260 g/mol. The summed E-state index contributed by atoms with van der Waals surface area (Å²) in [6.45, 7) is 0.882. The van der Waals surface area contributed by atoms with Gasteiger partial charge in [0.25, 0.3) is 5.92 Å². The number of nitrogens with one attached hydrogen (secondary N) is 1. The van der Waals surface area contributed by atoms with Crippen molar-refractivity contribution in [1.82, 2.24) is 4.98 Å². The van der Waals surface area contributed by atoms with Gasteiger partial charge in [0.05, 0.1) is 5.69 Å². The minimum absolute atomic E-state index is 0.0504. The Kier molecular flexibility index (Phi) is 2.10. The fraction of sp³-hybridized carbons (Fsp3) is 0.200. The molecule has 0 saturated carbocycles. The van der Waals surface area contributed by atoms with Crippen molar-refractivity contribution in [2.45, 2.75) is 12.8 Å². The van der Waals surface area contributed by atoms with Gasteiger partial charge in [0.1, 0.15) is 0 Å². The summed E-state index contributed by atoms with van der Waals surface area (Å²) in [5, 5.41) is 0.796. The Morgan fingerprint density at radius 2 is 2.00 bits per heavy atom. The van der Waals surface area contributed by atoms with Gasteiger partial charge in [-0.05, 0) is 23.6 Å². The van der Waals surface area contributed by atoms with Crippen LogP contribution in [-0.2, 0) is 5.92 Å². The van der Waals surface area contributed by atoms with E-state index in [2.05, 4.69) is 20.9 Å². The van der Waals surface area contributed by atoms with Gasteiger partial charge >= 0.3 is 0 Å². The fourth-order valence-corrected chi connectivity index (χ4v) is 1.70. The lowest BCUT2D eigenvalue weighted by Crippen LogP contribution is -2.06. The molecule has 2 aromatic rings. The maximum Gasteiger partial charge on any atom is 0.284 e. The molecule has 1 aromatic heterocycles. The van der Waals surface area contributed by atoms with E-state index in [1.54, 1.807) is 12.1 Å². The summed E-state index contributed by atoms with van der Waals surface area (Å²) >= 11 is 3.28. The predicted octanol–water partition coefficient (Wildman–Crippen LogP) is 4.04. The number of hydrogen-bond acceptors (Lipinski definition) is 0. The first-order chi connectivity index (χ1) is 6.47. The minimum atomic E-state index is -2.81. The third kappa shape index (κ3) is 1.66. The van der Waals surface area contributed by atoms with Crippen molar-refractivity contribution >= 4 is 26.8 Å². The molecule has 74 valence electrons. The Balaban J connectivity index is 2.63. The van der Waals surface area contributed by atoms with E-state index in [1.165, 1.54) is 6.07 Å². The van der Waals surface area contributed by atoms with Crippen LogP contribution in [0.5, 0.6) is 0 Å². The van der Waals surface area contributed by atoms with Crippen LogP contribution in [0.1, 0.15) is 12.6 Å². The van der Waals surface area contributed by atoms with Crippen molar-refractivity contribution in [3.05, 3.63) is 34.4 Å². The lowest BCUT2D eigenvalue weighted by Gasteiger charge is -2.05. The molecule has 0 unspecified atom stereocenters. The summed E-state index contributed by atoms with van der Waals surface area (Å²) in [4.78, 5) is 2.70. The highest BCUT2D eigenvalue weighted by atomic mass is 79.9. The summed E-state index contributed by atoms with van der Waals surface area (Å²) in [5.41, 5.74) is 0.668. The van der Waals surface area contributed by atoms with Gasteiger partial charge in [0.2, 0.25) is 0 Å². The van der Waals surface area contributed by atoms with Crippen molar-refractivity contribution in [1.29, 1.82) is 0 Å². The number of alkyl halides is 2. The Morgan fingerprint density at radius 3 is 2.64 bits per heavy atom. The van der Waals surface area contributed by atoms with E-state index >= 15 is 0 Å². The third-order valence-corrected chi connectivity index (χ3v) is 2.55. The number of H-pyrrole nitrogens is 1. The molecule has 0 amide bonds. The Morgan fingerprint density at radius 1 is 1.29 bits per heavy atom. The van der Waals surface area contributed by atoms with Crippen LogP contribution < -0.4 is 0 Å². The van der Waals surface area contributed by atoms with Gasteiger partial charge in [-0.25, -0.2) is 8.78 Å². The summed E-state index contributed by atoms with van der Waals surface area (Å²) in [7, 11) is 0. The van der Waals surface area contributed by atoms with Crippen LogP contribution in [0, 0.1) is 0 Å². The molecular weight excluding hydrogens is 252 g/mol. The molecular formula is C10H8BrF2N. The Bertz CT molecular complexity index is 470. The van der Waals surface area contributed by atoms with Crippen LogP contribution in [-0.4, -0.2) is 4.98 Å². The number of aromatic amines is 1. The van der Waals surface area contributed by atoms with Crippen LogP contribution in [0.4, 0.5) is 8.78 Å². The zero-order chi connectivity index (χ0) is 10.3. The first kappa shape index (κ1) is 9.65. The molecule has 1 aromatic carbocycles. The van der Waals surface area contributed by atoms with Gasteiger partial charge in [-0.15, -0.1) is 0 Å². The molecule has 0 aliphatic heterocycles. The number of fused-ring (bicyclic) bond motifs is 1. The molecule has 0 aliphatic carbocycles. The van der Waals surface area contributed by atoms with Crippen molar-refractivity contribution in [3.63, 3.8) is 0 Å². The maximum atomic E-state index is 13.0. The standard InChI is InChI=1S/C10H8BrF2N/c1-10(12,13)9-4-6-2-3-7(11)5-8(6)14-9/h2-5,14H,1H3. The molecule has 2 rings (SSSR count). The number of hydrogen-bond donors (Lipinski definition) is 1. The van der Waals surface area contributed by atoms with E-state index in [0.717, 1.165) is 22.3 Å². The Hall–Kier alpha value is -0.900. The molecule has 0 spiro atoms. The van der Waals surface area contributed by atoms with E-state index in [1.807, 2.05) is 6.07 Å². The molecule has 0 fully saturated rings. The molecule has 0 aliphatic rings. The topological polar surface area (TPSA) is 15.8 Å². The highest BCUT2D eigenvalue weighted by Crippen LogP contribution is 2.30. The zero-order valence-electron chi connectivity index (χ0n) is 7.44. The summed E-state index contributed by atoms with van der Waals surface area (Å²) in [6, 6.07) is 6.88. The van der Waals surface area contributed by atoms with Gasteiger partial charge in [-0.2, -0.15) is 0 Å².